The van der Waals surface area contributed by atoms with Gasteiger partial charge in [-0.05, 0) is 0 Å². The lowest BCUT2D eigenvalue weighted by atomic mass is 10.1. The van der Waals surface area contributed by atoms with Crippen molar-refractivity contribution >= 4 is 11.9 Å². The number of carbonyl (C=O) groups is 2. The van der Waals surface area contributed by atoms with Gasteiger partial charge < -0.3 is 9.84 Å². The number of ether oxygens (including phenoxy) is 1. The van der Waals surface area contributed by atoms with E-state index in [0.29, 0.717) is 0 Å². The molecular formula is C12H9N3O6. The Morgan fingerprint density at radius 1 is 1.19 bits per heavy atom. The maximum atomic E-state index is 11.8. The average Bonchev–Trinajstić information content (AvgIpc) is 2.45. The van der Waals surface area contributed by atoms with Crippen LogP contribution >= 0.6 is 0 Å². The van der Waals surface area contributed by atoms with E-state index in [1.807, 2.05) is 5.10 Å². The Labute approximate surface area is 116 Å². The van der Waals surface area contributed by atoms with Crippen molar-refractivity contribution in [2.45, 2.75) is 6.10 Å². The summed E-state index contributed by atoms with van der Waals surface area (Å²) < 4.78 is 4.76. The number of hydrogen-bond acceptors (Lipinski definition) is 6. The smallest absolute Gasteiger partial charge is 0.365 e. The van der Waals surface area contributed by atoms with Crippen molar-refractivity contribution in [1.29, 1.82) is 0 Å². The monoisotopic (exact) mass is 291 g/mol. The highest BCUT2D eigenvalue weighted by Gasteiger charge is 2.27. The van der Waals surface area contributed by atoms with Crippen molar-refractivity contribution in [3.05, 3.63) is 62.4 Å². The summed E-state index contributed by atoms with van der Waals surface area (Å²) in [5.41, 5.74) is -2.48. The van der Waals surface area contributed by atoms with Crippen LogP contribution in [-0.4, -0.2) is 32.2 Å². The first kappa shape index (κ1) is 14.2. The highest BCUT2D eigenvalue weighted by molar-refractivity contribution is 5.89. The van der Waals surface area contributed by atoms with Gasteiger partial charge in [0.15, 0.2) is 0 Å². The van der Waals surface area contributed by atoms with Crippen molar-refractivity contribution in [2.24, 2.45) is 0 Å². The predicted octanol–water partition coefficient (Wildman–Crippen LogP) is -0.559. The van der Waals surface area contributed by atoms with Gasteiger partial charge in [0, 0.05) is 5.56 Å². The second-order valence-corrected chi connectivity index (χ2v) is 3.89. The van der Waals surface area contributed by atoms with Crippen molar-refractivity contribution in [3.63, 3.8) is 0 Å². The number of aromatic amines is 2. The highest BCUT2D eigenvalue weighted by atomic mass is 16.6. The first-order valence-corrected chi connectivity index (χ1v) is 5.67. The van der Waals surface area contributed by atoms with E-state index in [9.17, 15) is 19.2 Å². The molecule has 2 aromatic rings. The largest absolute Gasteiger partial charge is 0.478 e. The Hall–Kier alpha value is -3.23. The van der Waals surface area contributed by atoms with E-state index in [1.165, 1.54) is 12.1 Å². The van der Waals surface area contributed by atoms with E-state index in [2.05, 4.69) is 5.10 Å². The third kappa shape index (κ3) is 3.21. The maximum absolute atomic E-state index is 11.8. The molecule has 1 aromatic carbocycles. The van der Waals surface area contributed by atoms with Gasteiger partial charge in [-0.15, -0.1) is 0 Å². The lowest BCUT2D eigenvalue weighted by molar-refractivity contribution is -0.147. The van der Waals surface area contributed by atoms with Gasteiger partial charge in [0.2, 0.25) is 11.8 Å². The minimum atomic E-state index is -1.59. The van der Waals surface area contributed by atoms with E-state index in [0.717, 1.165) is 0 Å². The molecule has 0 amide bonds. The summed E-state index contributed by atoms with van der Waals surface area (Å²) in [5.74, 6) is -2.67. The maximum Gasteiger partial charge on any atom is 0.365 e. The van der Waals surface area contributed by atoms with Crippen molar-refractivity contribution in [3.8, 4) is 0 Å². The number of nitrogens with zero attached hydrogens (tertiary/aromatic N) is 1. The van der Waals surface area contributed by atoms with Gasteiger partial charge >= 0.3 is 17.6 Å². The number of hydrogen-bond donors (Lipinski definition) is 3. The summed E-state index contributed by atoms with van der Waals surface area (Å²) in [6.45, 7) is 0. The van der Waals surface area contributed by atoms with E-state index in [4.69, 9.17) is 9.84 Å². The molecule has 0 saturated heterocycles. The van der Waals surface area contributed by atoms with Crippen molar-refractivity contribution in [2.75, 3.05) is 0 Å². The second-order valence-electron chi connectivity index (χ2n) is 3.89. The molecule has 1 atom stereocenters. The summed E-state index contributed by atoms with van der Waals surface area (Å²) in [5, 5.41) is 14.2. The van der Waals surface area contributed by atoms with Crippen LogP contribution in [0.3, 0.4) is 0 Å². The van der Waals surface area contributed by atoms with Gasteiger partial charge in [-0.2, -0.15) is 5.10 Å². The van der Waals surface area contributed by atoms with Crippen LogP contribution in [0.25, 0.3) is 0 Å². The van der Waals surface area contributed by atoms with Crippen LogP contribution in [0.5, 0.6) is 0 Å². The second kappa shape index (κ2) is 5.82. The third-order valence-corrected chi connectivity index (χ3v) is 2.46. The van der Waals surface area contributed by atoms with E-state index < -0.39 is 35.0 Å². The lowest BCUT2D eigenvalue weighted by Gasteiger charge is -2.13. The topological polar surface area (TPSA) is 142 Å². The van der Waals surface area contributed by atoms with Gasteiger partial charge in [0.25, 0.3) is 5.56 Å². The Morgan fingerprint density at radius 2 is 1.86 bits per heavy atom. The molecule has 0 radical (unpaired) electrons. The molecule has 0 bridgehead atoms. The fraction of sp³-hybridized carbons (Fsp3) is 0.0833. The number of H-pyrrole nitrogens is 2. The van der Waals surface area contributed by atoms with Crippen molar-refractivity contribution < 1.29 is 19.4 Å². The van der Waals surface area contributed by atoms with Crippen LogP contribution in [-0.2, 0) is 9.53 Å². The fourth-order valence-electron chi connectivity index (χ4n) is 1.54. The number of carboxylic acids is 1. The van der Waals surface area contributed by atoms with Crippen molar-refractivity contribution in [1.82, 2.24) is 15.2 Å². The standard InChI is InChI=1S/C12H9N3O6/c16-9-7(14-15-12(20)13-9)11(19)21-8(10(17)18)6-4-2-1-3-5-6/h1-5,8H,(H,17,18)(H2,13,15,16,20). The third-order valence-electron chi connectivity index (χ3n) is 2.46. The molecule has 0 spiro atoms. The summed E-state index contributed by atoms with van der Waals surface area (Å²) in [6.07, 6.45) is -1.59. The summed E-state index contributed by atoms with van der Waals surface area (Å²) in [4.78, 5) is 46.9. The molecule has 1 heterocycles. The molecule has 0 aliphatic heterocycles. The molecule has 1 aromatic heterocycles. The minimum Gasteiger partial charge on any atom is -0.478 e. The number of nitrogens with one attached hydrogen (secondary N) is 2. The Bertz CT molecular complexity index is 779. The lowest BCUT2D eigenvalue weighted by Crippen LogP contribution is -2.32. The number of aliphatic carboxylic acids is 1. The minimum absolute atomic E-state index is 0.221. The van der Waals surface area contributed by atoms with Crippen LogP contribution in [0, 0.1) is 0 Å². The predicted molar refractivity (Wildman–Crippen MR) is 67.7 cm³/mol. The van der Waals surface area contributed by atoms with Gasteiger partial charge in [-0.1, -0.05) is 30.3 Å². The van der Waals surface area contributed by atoms with Gasteiger partial charge in [-0.3, -0.25) is 9.78 Å². The van der Waals surface area contributed by atoms with Gasteiger partial charge in [0.05, 0.1) is 0 Å². The first-order valence-electron chi connectivity index (χ1n) is 5.67. The zero-order chi connectivity index (χ0) is 15.4. The van der Waals surface area contributed by atoms with E-state index in [1.54, 1.807) is 23.2 Å². The molecule has 9 heteroatoms. The number of rotatable bonds is 4. The molecule has 21 heavy (non-hydrogen) atoms. The first-order chi connectivity index (χ1) is 9.99. The number of benzene rings is 1. The SMILES string of the molecule is O=C(OC(C(=O)O)c1ccccc1)c1n[nH]c(=O)[nH]c1=O. The number of carbonyl (C=O) groups excluding carboxylic acids is 1. The van der Waals surface area contributed by atoms with Crippen LogP contribution in [0.15, 0.2) is 39.9 Å². The molecule has 3 N–H and O–H groups in total. The van der Waals surface area contributed by atoms with Crippen LogP contribution in [0.2, 0.25) is 0 Å². The van der Waals surface area contributed by atoms with Crippen LogP contribution in [0.4, 0.5) is 0 Å². The van der Waals surface area contributed by atoms with E-state index >= 15 is 0 Å². The summed E-state index contributed by atoms with van der Waals surface area (Å²) in [7, 11) is 0. The Balaban J connectivity index is 2.29. The van der Waals surface area contributed by atoms with Gasteiger partial charge in [-0.25, -0.2) is 19.5 Å². The van der Waals surface area contributed by atoms with Crippen LogP contribution < -0.4 is 11.2 Å². The average molecular weight is 291 g/mol. The molecule has 108 valence electrons. The fourth-order valence-corrected chi connectivity index (χ4v) is 1.54. The molecule has 0 fully saturated rings. The summed E-state index contributed by atoms with van der Waals surface area (Å²) >= 11 is 0. The summed E-state index contributed by atoms with van der Waals surface area (Å²) in [6, 6.07) is 7.72. The number of aromatic nitrogens is 3. The molecule has 2 rings (SSSR count). The molecule has 9 nitrogen and oxygen atoms in total. The highest BCUT2D eigenvalue weighted by Crippen LogP contribution is 2.18. The number of carboxylic acid groups (broad SMARTS) is 1. The van der Waals surface area contributed by atoms with E-state index in [-0.39, 0.29) is 5.56 Å². The molecule has 0 aliphatic rings. The molecular weight excluding hydrogens is 282 g/mol. The van der Waals surface area contributed by atoms with Crippen LogP contribution in [0.1, 0.15) is 22.2 Å². The number of esters is 1. The Morgan fingerprint density at radius 3 is 2.43 bits per heavy atom. The quantitative estimate of drug-likeness (QED) is 0.641. The Kier molecular flexibility index (Phi) is 3.93. The molecule has 0 aliphatic carbocycles. The molecule has 0 saturated carbocycles. The zero-order valence-electron chi connectivity index (χ0n) is 10.4. The normalized spacial score (nSPS) is 11.6. The van der Waals surface area contributed by atoms with Gasteiger partial charge in [0.1, 0.15) is 0 Å². The zero-order valence-corrected chi connectivity index (χ0v) is 10.4. The molecule has 1 unspecified atom stereocenters.